The van der Waals surface area contributed by atoms with Crippen molar-refractivity contribution in [2.75, 3.05) is 0 Å². The lowest BCUT2D eigenvalue weighted by Gasteiger charge is -2.07. The van der Waals surface area contributed by atoms with Crippen LogP contribution in [0.2, 0.25) is 0 Å². The van der Waals surface area contributed by atoms with Gasteiger partial charge >= 0.3 is 0 Å². The highest BCUT2D eigenvalue weighted by atomic mass is 79.9. The van der Waals surface area contributed by atoms with Gasteiger partial charge in [-0.1, -0.05) is 5.21 Å². The molecular weight excluding hydrogens is 334 g/mol. The molecule has 1 fully saturated rings. The van der Waals surface area contributed by atoms with Crippen LogP contribution in [0.25, 0.3) is 11.0 Å². The fraction of sp³-hybridized carbons (Fsp3) is 0.333. The summed E-state index contributed by atoms with van der Waals surface area (Å²) in [4.78, 5) is 0. The molecule has 0 aliphatic heterocycles. The molecule has 0 atom stereocenters. The van der Waals surface area contributed by atoms with Crippen LogP contribution < -0.4 is 4.74 Å². The Kier molecular flexibility index (Phi) is 3.18. The number of benzene rings is 1. The van der Waals surface area contributed by atoms with E-state index < -0.39 is 0 Å². The Bertz CT molecular complexity index is 763. The third-order valence-corrected chi connectivity index (χ3v) is 4.46. The normalized spacial score (nSPS) is 14.7. The van der Waals surface area contributed by atoms with Crippen LogP contribution in [0, 0.1) is 5.92 Å². The molecule has 0 saturated heterocycles. The minimum absolute atomic E-state index is 0.469. The summed E-state index contributed by atoms with van der Waals surface area (Å²) in [6.07, 6.45) is 5.92. The van der Waals surface area contributed by atoms with Crippen LogP contribution in [0.1, 0.15) is 18.4 Å². The molecule has 0 radical (unpaired) electrons. The van der Waals surface area contributed by atoms with E-state index in [2.05, 4.69) is 26.2 Å². The summed E-state index contributed by atoms with van der Waals surface area (Å²) in [7, 11) is 0. The van der Waals surface area contributed by atoms with Gasteiger partial charge in [-0.2, -0.15) is 0 Å². The molecule has 3 aromatic rings. The standard InChI is InChI=1S/C15H14BrN3O2/c16-14-13(21-9-11-5-6-20-8-11)4-3-12-15(14)17-18-19(12)7-10-1-2-10/h3-6,8,10H,1-2,7,9H2. The highest BCUT2D eigenvalue weighted by Crippen LogP contribution is 2.35. The van der Waals surface area contributed by atoms with Gasteiger partial charge in [0.25, 0.3) is 0 Å². The molecule has 4 rings (SSSR count). The lowest BCUT2D eigenvalue weighted by atomic mass is 10.3. The van der Waals surface area contributed by atoms with Crippen molar-refractivity contribution in [2.24, 2.45) is 5.92 Å². The molecule has 6 heteroatoms. The average Bonchev–Trinajstić information content (AvgIpc) is 2.99. The molecule has 108 valence electrons. The second kappa shape index (κ2) is 5.18. The molecule has 1 aromatic carbocycles. The minimum Gasteiger partial charge on any atom is -0.488 e. The largest absolute Gasteiger partial charge is 0.488 e. The maximum atomic E-state index is 5.81. The first-order valence-corrected chi connectivity index (χ1v) is 7.76. The second-order valence-corrected chi connectivity index (χ2v) is 6.17. The van der Waals surface area contributed by atoms with Gasteiger partial charge in [0, 0.05) is 12.1 Å². The summed E-state index contributed by atoms with van der Waals surface area (Å²) in [6.45, 7) is 1.43. The monoisotopic (exact) mass is 347 g/mol. The summed E-state index contributed by atoms with van der Waals surface area (Å²) >= 11 is 3.58. The molecule has 0 spiro atoms. The number of nitrogens with zero attached hydrogens (tertiary/aromatic N) is 3. The van der Waals surface area contributed by atoms with E-state index in [4.69, 9.17) is 9.15 Å². The molecule has 21 heavy (non-hydrogen) atoms. The van der Waals surface area contributed by atoms with Crippen LogP contribution in [-0.2, 0) is 13.2 Å². The first-order valence-electron chi connectivity index (χ1n) is 6.97. The molecule has 0 bridgehead atoms. The zero-order valence-electron chi connectivity index (χ0n) is 11.3. The van der Waals surface area contributed by atoms with E-state index in [1.165, 1.54) is 12.8 Å². The van der Waals surface area contributed by atoms with Crippen LogP contribution in [0.4, 0.5) is 0 Å². The third-order valence-electron chi connectivity index (χ3n) is 3.69. The molecule has 0 amide bonds. The molecule has 0 N–H and O–H groups in total. The van der Waals surface area contributed by atoms with Crippen LogP contribution in [-0.4, -0.2) is 15.0 Å². The zero-order valence-corrected chi connectivity index (χ0v) is 12.9. The number of aromatic nitrogens is 3. The highest BCUT2D eigenvalue weighted by Gasteiger charge is 2.23. The van der Waals surface area contributed by atoms with Crippen molar-refractivity contribution in [1.82, 2.24) is 15.0 Å². The Labute approximate surface area is 130 Å². The SMILES string of the molecule is Brc1c(OCc2ccoc2)ccc2c1nnn2CC1CC1. The quantitative estimate of drug-likeness (QED) is 0.704. The van der Waals surface area contributed by atoms with E-state index in [0.717, 1.165) is 39.3 Å². The third kappa shape index (κ3) is 2.55. The van der Waals surface area contributed by atoms with Gasteiger partial charge in [-0.3, -0.25) is 0 Å². The van der Waals surface area contributed by atoms with Gasteiger partial charge in [0.15, 0.2) is 0 Å². The summed E-state index contributed by atoms with van der Waals surface area (Å²) in [5, 5.41) is 8.53. The smallest absolute Gasteiger partial charge is 0.136 e. The molecule has 5 nitrogen and oxygen atoms in total. The topological polar surface area (TPSA) is 53.1 Å². The van der Waals surface area contributed by atoms with Gasteiger partial charge in [-0.05, 0) is 52.9 Å². The first kappa shape index (κ1) is 12.9. The summed E-state index contributed by atoms with van der Waals surface area (Å²) in [5.41, 5.74) is 2.89. The average molecular weight is 348 g/mol. The maximum Gasteiger partial charge on any atom is 0.136 e. The van der Waals surface area contributed by atoms with E-state index in [9.17, 15) is 0 Å². The molecule has 2 heterocycles. The Morgan fingerprint density at radius 2 is 2.24 bits per heavy atom. The van der Waals surface area contributed by atoms with Crippen LogP contribution >= 0.6 is 15.9 Å². The molecule has 1 aliphatic carbocycles. The maximum absolute atomic E-state index is 5.81. The van der Waals surface area contributed by atoms with Crippen molar-refractivity contribution in [3.63, 3.8) is 0 Å². The van der Waals surface area contributed by atoms with Gasteiger partial charge < -0.3 is 9.15 Å². The van der Waals surface area contributed by atoms with Gasteiger partial charge in [0.05, 0.1) is 22.5 Å². The fourth-order valence-electron chi connectivity index (χ4n) is 2.31. The van der Waals surface area contributed by atoms with Crippen molar-refractivity contribution in [3.05, 3.63) is 40.8 Å². The number of rotatable bonds is 5. The molecule has 0 unspecified atom stereocenters. The second-order valence-electron chi connectivity index (χ2n) is 5.38. The first-order chi connectivity index (χ1) is 10.3. The van der Waals surface area contributed by atoms with E-state index in [1.807, 2.05) is 22.9 Å². The van der Waals surface area contributed by atoms with Gasteiger partial charge in [-0.25, -0.2) is 4.68 Å². The zero-order chi connectivity index (χ0) is 14.2. The van der Waals surface area contributed by atoms with Crippen LogP contribution in [0.5, 0.6) is 5.75 Å². The Morgan fingerprint density at radius 1 is 1.33 bits per heavy atom. The number of furan rings is 1. The van der Waals surface area contributed by atoms with Gasteiger partial charge in [-0.15, -0.1) is 5.10 Å². The molecule has 2 aromatic heterocycles. The van der Waals surface area contributed by atoms with Crippen molar-refractivity contribution < 1.29 is 9.15 Å². The van der Waals surface area contributed by atoms with E-state index >= 15 is 0 Å². The number of fused-ring (bicyclic) bond motifs is 1. The Balaban J connectivity index is 1.60. The number of hydrogen-bond acceptors (Lipinski definition) is 4. The minimum atomic E-state index is 0.469. The molecular formula is C15H14BrN3O2. The van der Waals surface area contributed by atoms with Crippen molar-refractivity contribution in [1.29, 1.82) is 0 Å². The van der Waals surface area contributed by atoms with Gasteiger partial charge in [0.2, 0.25) is 0 Å². The van der Waals surface area contributed by atoms with Crippen molar-refractivity contribution in [2.45, 2.75) is 26.0 Å². The van der Waals surface area contributed by atoms with Gasteiger partial charge in [0.1, 0.15) is 17.9 Å². The highest BCUT2D eigenvalue weighted by molar-refractivity contribution is 9.10. The summed E-state index contributed by atoms with van der Waals surface area (Å²) in [6, 6.07) is 5.87. The predicted octanol–water partition coefficient (Wildman–Crippen LogP) is 3.78. The number of ether oxygens (including phenoxy) is 1. The van der Waals surface area contributed by atoms with Crippen LogP contribution in [0.15, 0.2) is 39.6 Å². The van der Waals surface area contributed by atoms with E-state index in [-0.39, 0.29) is 0 Å². The molecule has 1 saturated carbocycles. The lowest BCUT2D eigenvalue weighted by Crippen LogP contribution is -2.01. The number of halogens is 1. The summed E-state index contributed by atoms with van der Waals surface area (Å²) in [5.74, 6) is 1.54. The Morgan fingerprint density at radius 3 is 3.00 bits per heavy atom. The number of hydrogen-bond donors (Lipinski definition) is 0. The predicted molar refractivity (Wildman–Crippen MR) is 81.0 cm³/mol. The van der Waals surface area contributed by atoms with E-state index in [0.29, 0.717) is 6.61 Å². The fourth-order valence-corrected chi connectivity index (χ4v) is 2.84. The van der Waals surface area contributed by atoms with Crippen LogP contribution in [0.3, 0.4) is 0 Å². The Hall–Kier alpha value is -1.82. The molecule has 1 aliphatic rings. The van der Waals surface area contributed by atoms with E-state index in [1.54, 1.807) is 12.5 Å². The van der Waals surface area contributed by atoms with Crippen molar-refractivity contribution in [3.8, 4) is 5.75 Å². The van der Waals surface area contributed by atoms with Crippen molar-refractivity contribution >= 4 is 27.0 Å². The lowest BCUT2D eigenvalue weighted by molar-refractivity contribution is 0.303. The summed E-state index contributed by atoms with van der Waals surface area (Å²) < 4.78 is 13.7.